The first-order valence-electron chi connectivity index (χ1n) is 5.76. The van der Waals surface area contributed by atoms with Crippen molar-refractivity contribution in [2.45, 2.75) is 6.04 Å². The second-order valence-electron chi connectivity index (χ2n) is 4.34. The minimum absolute atomic E-state index is 0.308. The first kappa shape index (κ1) is 15.2. The summed E-state index contributed by atoms with van der Waals surface area (Å²) in [7, 11) is 0. The molecule has 2 rings (SSSR count). The Labute approximate surface area is 122 Å². The number of nitrogens with one attached hydrogen (secondary N) is 1. The molecule has 112 valence electrons. The lowest BCUT2D eigenvalue weighted by atomic mass is 10.1. The standard InChI is InChI=1S/C12H9ClF2N2O4/c13-6-2-7(14)5(1-8(6)15)11(19)17-4-10(18)16-3-9(17)12(20)21/h1-2,9H,3-4H2,(H,16,18)(H,20,21). The van der Waals surface area contributed by atoms with Crippen molar-refractivity contribution in [2.24, 2.45) is 0 Å². The van der Waals surface area contributed by atoms with Crippen LogP contribution in [0.5, 0.6) is 0 Å². The summed E-state index contributed by atoms with van der Waals surface area (Å²) in [5.74, 6) is -5.16. The highest BCUT2D eigenvalue weighted by atomic mass is 35.5. The topological polar surface area (TPSA) is 86.7 Å². The molecule has 1 fully saturated rings. The lowest BCUT2D eigenvalue weighted by Crippen LogP contribution is -2.59. The average Bonchev–Trinajstić information content (AvgIpc) is 2.41. The van der Waals surface area contributed by atoms with Gasteiger partial charge in [-0.3, -0.25) is 9.59 Å². The van der Waals surface area contributed by atoms with Crippen molar-refractivity contribution in [1.82, 2.24) is 10.2 Å². The number of benzene rings is 1. The Morgan fingerprint density at radius 3 is 2.62 bits per heavy atom. The Bertz CT molecular complexity index is 638. The van der Waals surface area contributed by atoms with Crippen LogP contribution in [0, 0.1) is 11.6 Å². The molecule has 0 saturated carbocycles. The van der Waals surface area contributed by atoms with Gasteiger partial charge in [0.25, 0.3) is 5.91 Å². The molecule has 9 heteroatoms. The summed E-state index contributed by atoms with van der Waals surface area (Å²) in [5.41, 5.74) is -0.683. The molecule has 2 amide bonds. The highest BCUT2D eigenvalue weighted by Gasteiger charge is 2.36. The van der Waals surface area contributed by atoms with Crippen LogP contribution >= 0.6 is 11.6 Å². The zero-order chi connectivity index (χ0) is 15.7. The van der Waals surface area contributed by atoms with E-state index in [-0.39, 0.29) is 6.54 Å². The molecule has 1 heterocycles. The summed E-state index contributed by atoms with van der Waals surface area (Å²) in [5, 5.41) is 10.8. The van der Waals surface area contributed by atoms with Crippen molar-refractivity contribution in [3.63, 3.8) is 0 Å². The second kappa shape index (κ2) is 5.65. The number of carbonyl (C=O) groups excluding carboxylic acids is 2. The van der Waals surface area contributed by atoms with Crippen molar-refractivity contribution < 1.29 is 28.3 Å². The zero-order valence-electron chi connectivity index (χ0n) is 10.4. The third-order valence-corrected chi connectivity index (χ3v) is 3.26. The summed E-state index contributed by atoms with van der Waals surface area (Å²) in [6.45, 7) is -0.864. The van der Waals surface area contributed by atoms with E-state index in [1.165, 1.54) is 0 Å². The zero-order valence-corrected chi connectivity index (χ0v) is 11.2. The largest absolute Gasteiger partial charge is 0.480 e. The molecule has 6 nitrogen and oxygen atoms in total. The fourth-order valence-corrected chi connectivity index (χ4v) is 2.07. The molecular formula is C12H9ClF2N2O4. The third-order valence-electron chi connectivity index (χ3n) is 2.97. The van der Waals surface area contributed by atoms with E-state index >= 15 is 0 Å². The number of hydrogen-bond acceptors (Lipinski definition) is 3. The number of carbonyl (C=O) groups is 3. The molecule has 0 spiro atoms. The van der Waals surface area contributed by atoms with Gasteiger partial charge in [0.05, 0.1) is 10.6 Å². The van der Waals surface area contributed by atoms with E-state index in [9.17, 15) is 23.2 Å². The van der Waals surface area contributed by atoms with E-state index < -0.39 is 52.6 Å². The summed E-state index contributed by atoms with van der Waals surface area (Å²) in [6, 6.07) is -0.164. The Balaban J connectivity index is 2.39. The van der Waals surface area contributed by atoms with Gasteiger partial charge in [-0.1, -0.05) is 11.6 Å². The Morgan fingerprint density at radius 1 is 1.33 bits per heavy atom. The van der Waals surface area contributed by atoms with Gasteiger partial charge in [-0.2, -0.15) is 0 Å². The van der Waals surface area contributed by atoms with Gasteiger partial charge in [0.2, 0.25) is 5.91 Å². The number of carboxylic acids is 1. The van der Waals surface area contributed by atoms with Gasteiger partial charge in [-0.25, -0.2) is 13.6 Å². The Morgan fingerprint density at radius 2 is 2.00 bits per heavy atom. The number of aliphatic carboxylic acids is 1. The molecule has 0 aromatic heterocycles. The van der Waals surface area contributed by atoms with Gasteiger partial charge >= 0.3 is 5.97 Å². The quantitative estimate of drug-likeness (QED) is 0.784. The monoisotopic (exact) mass is 318 g/mol. The van der Waals surface area contributed by atoms with Crippen molar-refractivity contribution in [1.29, 1.82) is 0 Å². The van der Waals surface area contributed by atoms with Crippen molar-refractivity contribution in [3.05, 3.63) is 34.4 Å². The Kier molecular flexibility index (Phi) is 4.08. The minimum atomic E-state index is -1.36. The van der Waals surface area contributed by atoms with Gasteiger partial charge in [-0.15, -0.1) is 0 Å². The maximum atomic E-state index is 13.7. The SMILES string of the molecule is O=C1CN(C(=O)c2cc(F)c(Cl)cc2F)C(C(=O)O)CN1. The maximum absolute atomic E-state index is 13.7. The summed E-state index contributed by atoms with van der Waals surface area (Å²) in [4.78, 5) is 35.2. The predicted octanol–water partition coefficient (Wildman–Crippen LogP) is 0.643. The number of nitrogens with zero attached hydrogens (tertiary/aromatic N) is 1. The number of halogens is 3. The van der Waals surface area contributed by atoms with Crippen LogP contribution in [0.2, 0.25) is 5.02 Å². The van der Waals surface area contributed by atoms with Gasteiger partial charge in [0.15, 0.2) is 0 Å². The lowest BCUT2D eigenvalue weighted by Gasteiger charge is -2.32. The normalized spacial score (nSPS) is 18.3. The fourth-order valence-electron chi connectivity index (χ4n) is 1.92. The summed E-state index contributed by atoms with van der Waals surface area (Å²) in [6.07, 6.45) is 0. The molecule has 0 radical (unpaired) electrons. The molecule has 0 aliphatic carbocycles. The average molecular weight is 319 g/mol. The second-order valence-corrected chi connectivity index (χ2v) is 4.74. The number of carboxylic acid groups (broad SMARTS) is 1. The fraction of sp³-hybridized carbons (Fsp3) is 0.250. The van der Waals surface area contributed by atoms with Gasteiger partial charge in [0.1, 0.15) is 24.2 Å². The lowest BCUT2D eigenvalue weighted by molar-refractivity contribution is -0.144. The number of rotatable bonds is 2. The highest BCUT2D eigenvalue weighted by molar-refractivity contribution is 6.30. The minimum Gasteiger partial charge on any atom is -0.480 e. The molecule has 1 atom stereocenters. The molecule has 1 aliphatic rings. The van der Waals surface area contributed by atoms with Crippen LogP contribution in [-0.4, -0.2) is 46.9 Å². The molecule has 1 saturated heterocycles. The van der Waals surface area contributed by atoms with Crippen LogP contribution in [0.15, 0.2) is 12.1 Å². The van der Waals surface area contributed by atoms with E-state index in [1.54, 1.807) is 0 Å². The number of hydrogen-bond donors (Lipinski definition) is 2. The first-order valence-corrected chi connectivity index (χ1v) is 6.14. The van der Waals surface area contributed by atoms with Crippen LogP contribution in [0.1, 0.15) is 10.4 Å². The highest BCUT2D eigenvalue weighted by Crippen LogP contribution is 2.21. The van der Waals surface area contributed by atoms with E-state index in [4.69, 9.17) is 16.7 Å². The van der Waals surface area contributed by atoms with Crippen molar-refractivity contribution in [2.75, 3.05) is 13.1 Å². The molecular weight excluding hydrogens is 310 g/mol. The maximum Gasteiger partial charge on any atom is 0.328 e. The first-order chi connectivity index (χ1) is 9.81. The molecule has 2 N–H and O–H groups in total. The van der Waals surface area contributed by atoms with Gasteiger partial charge in [-0.05, 0) is 12.1 Å². The van der Waals surface area contributed by atoms with E-state index in [0.29, 0.717) is 17.0 Å². The summed E-state index contributed by atoms with van der Waals surface area (Å²) >= 11 is 5.38. The molecule has 21 heavy (non-hydrogen) atoms. The van der Waals surface area contributed by atoms with Crippen LogP contribution in [0.4, 0.5) is 8.78 Å². The predicted molar refractivity (Wildman–Crippen MR) is 66.8 cm³/mol. The van der Waals surface area contributed by atoms with Crippen LogP contribution < -0.4 is 5.32 Å². The van der Waals surface area contributed by atoms with Gasteiger partial charge in [0, 0.05) is 6.54 Å². The van der Waals surface area contributed by atoms with E-state index in [1.807, 2.05) is 0 Å². The van der Waals surface area contributed by atoms with Crippen molar-refractivity contribution >= 4 is 29.4 Å². The van der Waals surface area contributed by atoms with E-state index in [0.717, 1.165) is 0 Å². The molecule has 0 bridgehead atoms. The molecule has 1 aromatic carbocycles. The van der Waals surface area contributed by atoms with E-state index in [2.05, 4.69) is 5.32 Å². The van der Waals surface area contributed by atoms with Crippen molar-refractivity contribution in [3.8, 4) is 0 Å². The van der Waals surface area contributed by atoms with Crippen LogP contribution in [-0.2, 0) is 9.59 Å². The molecule has 1 aliphatic heterocycles. The van der Waals surface area contributed by atoms with Crippen LogP contribution in [0.3, 0.4) is 0 Å². The number of piperazine rings is 1. The smallest absolute Gasteiger partial charge is 0.328 e. The van der Waals surface area contributed by atoms with Gasteiger partial charge < -0.3 is 15.3 Å². The number of amides is 2. The Hall–Kier alpha value is -2.22. The molecule has 1 aromatic rings. The molecule has 1 unspecified atom stereocenters. The van der Waals surface area contributed by atoms with Crippen LogP contribution in [0.25, 0.3) is 0 Å². The third kappa shape index (κ3) is 2.94. The summed E-state index contributed by atoms with van der Waals surface area (Å²) < 4.78 is 27.1.